The summed E-state index contributed by atoms with van der Waals surface area (Å²) in [6, 6.07) is 1.81. The normalized spacial score (nSPS) is 13.5. The molecule has 0 spiro atoms. The zero-order valence-corrected chi connectivity index (χ0v) is 11.0. The van der Waals surface area contributed by atoms with Gasteiger partial charge in [-0.2, -0.15) is 0 Å². The molecule has 0 aliphatic rings. The number of hydrogen-bond acceptors (Lipinski definition) is 4. The van der Waals surface area contributed by atoms with Crippen LogP contribution in [-0.4, -0.2) is 34.9 Å². The number of aryl methyl sites for hydroxylation is 1. The molecule has 0 saturated carbocycles. The topological polar surface area (TPSA) is 78.9 Å². The molecule has 6 heteroatoms. The lowest BCUT2D eigenvalue weighted by molar-refractivity contribution is 0.0751. The van der Waals surface area contributed by atoms with Gasteiger partial charge in [0.2, 0.25) is 0 Å². The molecule has 5 nitrogen and oxygen atoms in total. The van der Waals surface area contributed by atoms with E-state index in [2.05, 4.69) is 5.16 Å². The van der Waals surface area contributed by atoms with Crippen LogP contribution in [0.1, 0.15) is 28.6 Å². The van der Waals surface area contributed by atoms with Crippen molar-refractivity contribution in [3.05, 3.63) is 21.9 Å². The lowest BCUT2D eigenvalue weighted by Gasteiger charge is -2.24. The molecule has 94 valence electrons. The fourth-order valence-corrected chi connectivity index (χ4v) is 2.34. The van der Waals surface area contributed by atoms with Gasteiger partial charge >= 0.3 is 0 Å². The summed E-state index contributed by atoms with van der Waals surface area (Å²) in [5.74, 6) is 0.0933. The first-order valence-electron chi connectivity index (χ1n) is 5.25. The van der Waals surface area contributed by atoms with Gasteiger partial charge in [-0.3, -0.25) is 4.79 Å². The zero-order chi connectivity index (χ0) is 13.0. The van der Waals surface area contributed by atoms with E-state index in [1.807, 2.05) is 25.3 Å². The van der Waals surface area contributed by atoms with E-state index < -0.39 is 0 Å². The number of carbonyl (C=O) groups is 1. The van der Waals surface area contributed by atoms with Gasteiger partial charge in [-0.25, -0.2) is 0 Å². The van der Waals surface area contributed by atoms with Crippen molar-refractivity contribution >= 4 is 23.1 Å². The van der Waals surface area contributed by atoms with Crippen LogP contribution in [0.4, 0.5) is 0 Å². The standard InChI is InChI=1S/C11H17N3O2S/c1-7-4-5-17-10(7)11(15)14(3)8(2)6-9(12)13-16/h4-5,8,16H,6H2,1-3H3,(H2,12,13). The van der Waals surface area contributed by atoms with Crippen molar-refractivity contribution in [3.63, 3.8) is 0 Å². The number of thiophene rings is 1. The summed E-state index contributed by atoms with van der Waals surface area (Å²) in [5, 5.41) is 13.3. The average molecular weight is 255 g/mol. The lowest BCUT2D eigenvalue weighted by atomic mass is 10.2. The summed E-state index contributed by atoms with van der Waals surface area (Å²) in [5.41, 5.74) is 6.40. The maximum absolute atomic E-state index is 12.1. The van der Waals surface area contributed by atoms with Gasteiger partial charge in [-0.05, 0) is 30.9 Å². The largest absolute Gasteiger partial charge is 0.409 e. The van der Waals surface area contributed by atoms with E-state index in [0.29, 0.717) is 6.42 Å². The quantitative estimate of drug-likeness (QED) is 0.371. The zero-order valence-electron chi connectivity index (χ0n) is 10.2. The van der Waals surface area contributed by atoms with Crippen LogP contribution in [0.2, 0.25) is 0 Å². The molecular formula is C11H17N3O2S. The Balaban J connectivity index is 2.73. The predicted octanol–water partition coefficient (Wildman–Crippen LogP) is 1.65. The maximum Gasteiger partial charge on any atom is 0.264 e. The van der Waals surface area contributed by atoms with E-state index in [1.54, 1.807) is 11.9 Å². The Morgan fingerprint density at radius 3 is 2.82 bits per heavy atom. The second-order valence-corrected chi connectivity index (χ2v) is 4.91. The van der Waals surface area contributed by atoms with Gasteiger partial charge in [0, 0.05) is 19.5 Å². The van der Waals surface area contributed by atoms with E-state index in [0.717, 1.165) is 10.4 Å². The highest BCUT2D eigenvalue weighted by molar-refractivity contribution is 7.12. The summed E-state index contributed by atoms with van der Waals surface area (Å²) >= 11 is 1.43. The SMILES string of the molecule is Cc1ccsc1C(=O)N(C)C(C)CC(N)=NO. The molecule has 0 aromatic carbocycles. The van der Waals surface area contributed by atoms with Gasteiger partial charge in [0.15, 0.2) is 0 Å². The molecule has 1 rings (SSSR count). The molecule has 1 atom stereocenters. The lowest BCUT2D eigenvalue weighted by Crippen LogP contribution is -2.37. The number of nitrogens with zero attached hydrogens (tertiary/aromatic N) is 2. The second kappa shape index (κ2) is 5.67. The van der Waals surface area contributed by atoms with Crippen LogP contribution in [0.3, 0.4) is 0 Å². The van der Waals surface area contributed by atoms with Crippen molar-refractivity contribution < 1.29 is 10.0 Å². The third-order valence-corrected chi connectivity index (χ3v) is 3.68. The molecule has 3 N–H and O–H groups in total. The molecule has 1 heterocycles. The number of nitrogens with two attached hydrogens (primary N) is 1. The summed E-state index contributed by atoms with van der Waals surface area (Å²) < 4.78 is 0. The molecule has 1 aromatic rings. The minimum absolute atomic E-state index is 0.0317. The van der Waals surface area contributed by atoms with Gasteiger partial charge in [0.25, 0.3) is 5.91 Å². The number of rotatable bonds is 4. The van der Waals surface area contributed by atoms with E-state index in [9.17, 15) is 4.79 Å². The first-order chi connectivity index (χ1) is 7.97. The molecule has 0 aliphatic carbocycles. The third-order valence-electron chi connectivity index (χ3n) is 2.67. The van der Waals surface area contributed by atoms with Crippen molar-refractivity contribution in [1.82, 2.24) is 4.90 Å². The molecule has 0 saturated heterocycles. The van der Waals surface area contributed by atoms with Gasteiger partial charge in [-0.1, -0.05) is 5.16 Å². The minimum atomic E-state index is -0.111. The van der Waals surface area contributed by atoms with Crippen molar-refractivity contribution in [2.45, 2.75) is 26.3 Å². The number of carbonyl (C=O) groups excluding carboxylic acids is 1. The third kappa shape index (κ3) is 3.20. The molecule has 0 fully saturated rings. The number of oxime groups is 1. The van der Waals surface area contributed by atoms with Crippen LogP contribution in [0.15, 0.2) is 16.6 Å². The molecule has 0 radical (unpaired) electrons. The van der Waals surface area contributed by atoms with Crippen molar-refractivity contribution in [2.24, 2.45) is 10.9 Å². The summed E-state index contributed by atoms with van der Waals surface area (Å²) in [4.78, 5) is 14.5. The average Bonchev–Trinajstić information content (AvgIpc) is 2.73. The Morgan fingerprint density at radius 1 is 1.71 bits per heavy atom. The molecule has 17 heavy (non-hydrogen) atoms. The molecule has 0 bridgehead atoms. The molecule has 0 aliphatic heterocycles. The molecule has 1 amide bonds. The van der Waals surface area contributed by atoms with Gasteiger partial charge in [0.05, 0.1) is 4.88 Å². The van der Waals surface area contributed by atoms with Crippen molar-refractivity contribution in [1.29, 1.82) is 0 Å². The van der Waals surface area contributed by atoms with Crippen molar-refractivity contribution in [3.8, 4) is 0 Å². The maximum atomic E-state index is 12.1. The summed E-state index contributed by atoms with van der Waals surface area (Å²) in [6.07, 6.45) is 0.350. The Morgan fingerprint density at radius 2 is 2.35 bits per heavy atom. The van der Waals surface area contributed by atoms with Crippen LogP contribution in [0.25, 0.3) is 0 Å². The molecule has 1 aromatic heterocycles. The Hall–Kier alpha value is -1.56. The van der Waals surface area contributed by atoms with Crippen LogP contribution >= 0.6 is 11.3 Å². The van der Waals surface area contributed by atoms with Crippen LogP contribution < -0.4 is 5.73 Å². The number of amidine groups is 1. The Bertz CT molecular complexity index is 428. The molecule has 1 unspecified atom stereocenters. The monoisotopic (exact) mass is 255 g/mol. The Labute approximate surface area is 105 Å². The van der Waals surface area contributed by atoms with E-state index in [1.165, 1.54) is 11.3 Å². The van der Waals surface area contributed by atoms with Crippen LogP contribution in [0.5, 0.6) is 0 Å². The first-order valence-corrected chi connectivity index (χ1v) is 6.13. The highest BCUT2D eigenvalue weighted by Crippen LogP contribution is 2.18. The summed E-state index contributed by atoms with van der Waals surface area (Å²) in [7, 11) is 1.72. The minimum Gasteiger partial charge on any atom is -0.409 e. The Kier molecular flexibility index (Phi) is 4.51. The fraction of sp³-hybridized carbons (Fsp3) is 0.455. The van der Waals surface area contributed by atoms with E-state index >= 15 is 0 Å². The number of amides is 1. The van der Waals surface area contributed by atoms with E-state index in [-0.39, 0.29) is 17.8 Å². The summed E-state index contributed by atoms with van der Waals surface area (Å²) in [6.45, 7) is 3.77. The predicted molar refractivity (Wildman–Crippen MR) is 68.6 cm³/mol. The fourth-order valence-electron chi connectivity index (χ4n) is 1.43. The van der Waals surface area contributed by atoms with Gasteiger partial charge < -0.3 is 15.8 Å². The highest BCUT2D eigenvalue weighted by Gasteiger charge is 2.20. The molecular weight excluding hydrogens is 238 g/mol. The van der Waals surface area contributed by atoms with Gasteiger partial charge in [-0.15, -0.1) is 11.3 Å². The van der Waals surface area contributed by atoms with Crippen molar-refractivity contribution in [2.75, 3.05) is 7.05 Å². The van der Waals surface area contributed by atoms with Gasteiger partial charge in [0.1, 0.15) is 5.84 Å². The van der Waals surface area contributed by atoms with Crippen LogP contribution in [-0.2, 0) is 0 Å². The van der Waals surface area contributed by atoms with Crippen LogP contribution in [0, 0.1) is 6.92 Å². The second-order valence-electron chi connectivity index (χ2n) is 3.99. The first kappa shape index (κ1) is 13.5. The van der Waals surface area contributed by atoms with E-state index in [4.69, 9.17) is 10.9 Å². The smallest absolute Gasteiger partial charge is 0.264 e. The number of hydrogen-bond donors (Lipinski definition) is 2. The highest BCUT2D eigenvalue weighted by atomic mass is 32.1.